The highest BCUT2D eigenvalue weighted by Crippen LogP contribution is 2.30. The zero-order valence-electron chi connectivity index (χ0n) is 22.2. The number of aliphatic carboxylic acids is 1. The van der Waals surface area contributed by atoms with Crippen LogP contribution in [0.4, 0.5) is 30.2 Å². The van der Waals surface area contributed by atoms with Gasteiger partial charge in [0.15, 0.2) is 0 Å². The molecule has 1 aliphatic heterocycles. The van der Waals surface area contributed by atoms with Crippen molar-refractivity contribution in [1.29, 1.82) is 0 Å². The molecule has 1 aliphatic rings. The van der Waals surface area contributed by atoms with Crippen LogP contribution in [0.3, 0.4) is 0 Å². The molecule has 40 heavy (non-hydrogen) atoms. The highest BCUT2D eigenvalue weighted by Gasteiger charge is 2.38. The van der Waals surface area contributed by atoms with Gasteiger partial charge in [0.2, 0.25) is 5.91 Å². The number of carbonyl (C=O) groups is 3. The number of benzene rings is 2. The average molecular weight is 588 g/mol. The van der Waals surface area contributed by atoms with Gasteiger partial charge in [-0.3, -0.25) is 14.3 Å². The lowest BCUT2D eigenvalue weighted by atomic mass is 10.1. The standard InChI is InChI=1S/C23H31N5O4S.C2HF3O2/c1-4-27(5-2)23(30)18-6-11-22(28-14-12-24-13-15-28)21(16-18)26-33(31,32)20-9-7-19(8-10-20)25-17(3)29;3-2(4,5)1(6)7/h6-11,16,24,26H,4-5,12-15H2,1-3H3,(H,25,29);(H,6,7). The first-order valence-electron chi connectivity index (χ1n) is 12.3. The summed E-state index contributed by atoms with van der Waals surface area (Å²) >= 11 is 0. The van der Waals surface area contributed by atoms with E-state index in [4.69, 9.17) is 9.90 Å². The lowest BCUT2D eigenvalue weighted by Crippen LogP contribution is -2.43. The Morgan fingerprint density at radius 2 is 1.57 bits per heavy atom. The highest BCUT2D eigenvalue weighted by molar-refractivity contribution is 7.92. The van der Waals surface area contributed by atoms with Gasteiger partial charge < -0.3 is 25.5 Å². The Morgan fingerprint density at radius 3 is 2.05 bits per heavy atom. The Kier molecular flexibility index (Phi) is 11.3. The molecule has 11 nitrogen and oxygen atoms in total. The minimum atomic E-state index is -5.08. The molecule has 220 valence electrons. The van der Waals surface area contributed by atoms with Crippen molar-refractivity contribution >= 4 is 44.9 Å². The Morgan fingerprint density at radius 1 is 1.02 bits per heavy atom. The van der Waals surface area contributed by atoms with E-state index < -0.39 is 22.2 Å². The molecule has 1 saturated heterocycles. The monoisotopic (exact) mass is 587 g/mol. The maximum absolute atomic E-state index is 13.2. The smallest absolute Gasteiger partial charge is 0.475 e. The molecule has 0 radical (unpaired) electrons. The fraction of sp³-hybridized carbons (Fsp3) is 0.400. The summed E-state index contributed by atoms with van der Waals surface area (Å²) in [6, 6.07) is 11.1. The molecule has 0 spiro atoms. The van der Waals surface area contributed by atoms with Gasteiger partial charge in [-0.05, 0) is 56.3 Å². The van der Waals surface area contributed by atoms with Crippen LogP contribution in [0.1, 0.15) is 31.1 Å². The number of anilines is 3. The van der Waals surface area contributed by atoms with Gasteiger partial charge in [-0.25, -0.2) is 13.2 Å². The second kappa shape index (κ2) is 14.0. The van der Waals surface area contributed by atoms with E-state index in [0.717, 1.165) is 31.9 Å². The predicted octanol–water partition coefficient (Wildman–Crippen LogP) is 2.97. The van der Waals surface area contributed by atoms with E-state index in [-0.39, 0.29) is 16.7 Å². The molecule has 4 N–H and O–H groups in total. The van der Waals surface area contributed by atoms with E-state index in [2.05, 4.69) is 20.3 Å². The molecular weight excluding hydrogens is 555 g/mol. The summed E-state index contributed by atoms with van der Waals surface area (Å²) < 4.78 is 60.8. The van der Waals surface area contributed by atoms with Gasteiger partial charge in [-0.1, -0.05) is 0 Å². The van der Waals surface area contributed by atoms with Gasteiger partial charge in [-0.2, -0.15) is 13.2 Å². The second-order valence-corrected chi connectivity index (χ2v) is 10.2. The first-order chi connectivity index (χ1) is 18.7. The van der Waals surface area contributed by atoms with Crippen LogP contribution in [0.25, 0.3) is 0 Å². The van der Waals surface area contributed by atoms with E-state index in [1.54, 1.807) is 23.1 Å². The molecule has 1 heterocycles. The number of sulfonamides is 1. The quantitative estimate of drug-likeness (QED) is 0.369. The largest absolute Gasteiger partial charge is 0.490 e. The summed E-state index contributed by atoms with van der Waals surface area (Å²) in [5, 5.41) is 13.0. The van der Waals surface area contributed by atoms with Crippen LogP contribution in [0.15, 0.2) is 47.4 Å². The molecule has 0 aromatic heterocycles. The van der Waals surface area contributed by atoms with E-state index in [9.17, 15) is 31.2 Å². The Bertz CT molecular complexity index is 1290. The number of hydrogen-bond donors (Lipinski definition) is 4. The van der Waals surface area contributed by atoms with Crippen LogP contribution in [0.2, 0.25) is 0 Å². The number of halogens is 3. The maximum atomic E-state index is 13.2. The SMILES string of the molecule is CCN(CC)C(=O)c1ccc(N2CCNCC2)c(NS(=O)(=O)c2ccc(NC(C)=O)cc2)c1.O=C(O)C(F)(F)F. The average Bonchev–Trinajstić information content (AvgIpc) is 2.89. The van der Waals surface area contributed by atoms with Crippen LogP contribution in [0, 0.1) is 0 Å². The van der Waals surface area contributed by atoms with E-state index in [0.29, 0.717) is 30.0 Å². The zero-order chi connectivity index (χ0) is 30.1. The molecule has 0 unspecified atom stereocenters. The van der Waals surface area contributed by atoms with Crippen LogP contribution >= 0.6 is 0 Å². The van der Waals surface area contributed by atoms with Gasteiger partial charge in [-0.15, -0.1) is 0 Å². The summed E-state index contributed by atoms with van der Waals surface area (Å²) in [5.41, 5.74) is 2.03. The molecule has 0 atom stereocenters. The minimum absolute atomic E-state index is 0.0586. The maximum Gasteiger partial charge on any atom is 0.490 e. The number of carboxylic acid groups (broad SMARTS) is 1. The Hall–Kier alpha value is -3.85. The number of carbonyl (C=O) groups excluding carboxylic acids is 2. The fourth-order valence-corrected chi connectivity index (χ4v) is 4.82. The lowest BCUT2D eigenvalue weighted by molar-refractivity contribution is -0.192. The second-order valence-electron chi connectivity index (χ2n) is 8.56. The number of alkyl halides is 3. The van der Waals surface area contributed by atoms with Gasteiger partial charge in [0.1, 0.15) is 0 Å². The summed E-state index contributed by atoms with van der Waals surface area (Å²) in [6.07, 6.45) is -5.08. The molecule has 2 amide bonds. The summed E-state index contributed by atoms with van der Waals surface area (Å²) in [7, 11) is -3.92. The van der Waals surface area contributed by atoms with Gasteiger partial charge in [0.25, 0.3) is 15.9 Å². The molecule has 3 rings (SSSR count). The number of hydrogen-bond acceptors (Lipinski definition) is 7. The number of carboxylic acids is 1. The topological polar surface area (TPSA) is 148 Å². The van der Waals surface area contributed by atoms with Crippen LogP contribution < -0.4 is 20.3 Å². The van der Waals surface area contributed by atoms with Crippen LogP contribution in [-0.2, 0) is 19.6 Å². The fourth-order valence-electron chi connectivity index (χ4n) is 3.75. The van der Waals surface area contributed by atoms with Crippen LogP contribution in [0.5, 0.6) is 0 Å². The zero-order valence-corrected chi connectivity index (χ0v) is 23.0. The predicted molar refractivity (Wildman–Crippen MR) is 144 cm³/mol. The molecular formula is C25H32F3N5O6S. The van der Waals surface area contributed by atoms with Crippen molar-refractivity contribution in [3.63, 3.8) is 0 Å². The van der Waals surface area contributed by atoms with E-state index >= 15 is 0 Å². The van der Waals surface area contributed by atoms with Crippen molar-refractivity contribution in [3.8, 4) is 0 Å². The molecule has 1 fully saturated rings. The van der Waals surface area contributed by atoms with Gasteiger partial charge >= 0.3 is 12.1 Å². The Balaban J connectivity index is 0.000000708. The molecule has 2 aromatic carbocycles. The lowest BCUT2D eigenvalue weighted by Gasteiger charge is -2.31. The van der Waals surface area contributed by atoms with Gasteiger partial charge in [0, 0.05) is 57.4 Å². The third-order valence-corrected chi connectivity index (χ3v) is 7.11. The summed E-state index contributed by atoms with van der Waals surface area (Å²) in [4.78, 5) is 36.9. The van der Waals surface area contributed by atoms with E-state index in [1.807, 2.05) is 13.8 Å². The van der Waals surface area contributed by atoms with Crippen molar-refractivity contribution in [1.82, 2.24) is 10.2 Å². The number of amides is 2. The number of rotatable bonds is 8. The van der Waals surface area contributed by atoms with Crippen molar-refractivity contribution in [3.05, 3.63) is 48.0 Å². The molecule has 0 aliphatic carbocycles. The van der Waals surface area contributed by atoms with Crippen molar-refractivity contribution in [2.75, 3.05) is 54.2 Å². The number of nitrogens with one attached hydrogen (secondary N) is 3. The number of nitrogens with zero attached hydrogens (tertiary/aromatic N) is 2. The summed E-state index contributed by atoms with van der Waals surface area (Å²) in [5.74, 6) is -3.14. The minimum Gasteiger partial charge on any atom is -0.475 e. The van der Waals surface area contributed by atoms with Crippen LogP contribution in [-0.4, -0.2) is 81.7 Å². The van der Waals surface area contributed by atoms with Crippen molar-refractivity contribution in [2.24, 2.45) is 0 Å². The third kappa shape index (κ3) is 9.12. The van der Waals surface area contributed by atoms with E-state index in [1.165, 1.54) is 31.2 Å². The van der Waals surface area contributed by atoms with Crippen molar-refractivity contribution < 1.29 is 41.1 Å². The molecule has 2 aromatic rings. The highest BCUT2D eigenvalue weighted by atomic mass is 32.2. The normalized spacial score (nSPS) is 13.5. The third-order valence-electron chi connectivity index (χ3n) is 5.72. The first-order valence-corrected chi connectivity index (χ1v) is 13.8. The van der Waals surface area contributed by atoms with Crippen molar-refractivity contribution in [2.45, 2.75) is 31.8 Å². The summed E-state index contributed by atoms with van der Waals surface area (Å²) in [6.45, 7) is 9.36. The Labute approximate surface area is 230 Å². The van der Waals surface area contributed by atoms with Gasteiger partial charge in [0.05, 0.1) is 16.3 Å². The molecule has 15 heteroatoms. The molecule has 0 saturated carbocycles. The first kappa shape index (κ1) is 32.4. The molecule has 0 bridgehead atoms. The number of piperazine rings is 1.